The molecule has 3 radical (unpaired) electrons. The van der Waals surface area contributed by atoms with Crippen LogP contribution in [0.2, 0.25) is 0 Å². The third-order valence-electron chi connectivity index (χ3n) is 1.73. The van der Waals surface area contributed by atoms with Crippen LogP contribution in [0.15, 0.2) is 0 Å². The number of rotatable bonds is 11. The van der Waals surface area contributed by atoms with E-state index in [-0.39, 0.29) is 0 Å². The Labute approximate surface area is 89.0 Å². The van der Waals surface area contributed by atoms with E-state index in [2.05, 4.69) is 10.6 Å². The molecule has 0 aliphatic heterocycles. The van der Waals surface area contributed by atoms with Crippen LogP contribution in [0.5, 0.6) is 0 Å². The van der Waals surface area contributed by atoms with Gasteiger partial charge in [0.2, 0.25) is 0 Å². The molecule has 0 heterocycles. The molecule has 0 aromatic rings. The van der Waals surface area contributed by atoms with E-state index in [9.17, 15) is 14.4 Å². The molecule has 0 atom stereocenters. The van der Waals surface area contributed by atoms with Gasteiger partial charge >= 0.3 is 19.2 Å². The quantitative estimate of drug-likeness (QED) is 0.321. The van der Waals surface area contributed by atoms with Gasteiger partial charge < -0.3 is 15.5 Å². The highest BCUT2D eigenvalue weighted by Crippen LogP contribution is 1.89. The van der Waals surface area contributed by atoms with Crippen molar-refractivity contribution in [3.05, 3.63) is 0 Å². The molecule has 83 valence electrons. The van der Waals surface area contributed by atoms with Crippen LogP contribution >= 0.6 is 0 Å². The minimum Gasteiger partial charge on any atom is -0.348 e. The molecule has 0 spiro atoms. The van der Waals surface area contributed by atoms with Crippen molar-refractivity contribution >= 4 is 19.2 Å². The smallest absolute Gasteiger partial charge is 0.312 e. The van der Waals surface area contributed by atoms with Gasteiger partial charge in [0.15, 0.2) is 0 Å². The zero-order chi connectivity index (χ0) is 11.4. The lowest BCUT2D eigenvalue weighted by atomic mass is 10.3. The normalized spacial score (nSPS) is 9.07. The van der Waals surface area contributed by atoms with Crippen molar-refractivity contribution in [1.29, 1.82) is 0 Å². The lowest BCUT2D eigenvalue weighted by molar-refractivity contribution is 0.367. The van der Waals surface area contributed by atoms with E-state index in [1.165, 1.54) is 4.90 Å². The maximum absolute atomic E-state index is 10.4. The van der Waals surface area contributed by atoms with Crippen LogP contribution in [0.3, 0.4) is 0 Å². The largest absolute Gasteiger partial charge is 0.348 e. The lowest BCUT2D eigenvalue weighted by Crippen LogP contribution is -2.29. The lowest BCUT2D eigenvalue weighted by Gasteiger charge is -2.15. The molecule has 0 fully saturated rings. The second kappa shape index (κ2) is 10.5. The topological polar surface area (TPSA) is 78.5 Å². The van der Waals surface area contributed by atoms with Crippen molar-refractivity contribution in [2.24, 2.45) is 0 Å². The van der Waals surface area contributed by atoms with Crippen molar-refractivity contribution < 1.29 is 14.4 Å². The summed E-state index contributed by atoms with van der Waals surface area (Å²) in [4.78, 5) is 31.5. The number of carbonyl (C=O) groups excluding carboxylic acids is 3. The molecular formula is C9H14N3O3. The summed E-state index contributed by atoms with van der Waals surface area (Å²) in [5, 5.41) is 4.76. The standard InChI is InChI=1S/C9H14N3O3/c13-7-10-3-1-5-12(9-15)6-2-4-11-8-14/h1-6H2,(H,10,13)(H,11,14). The summed E-state index contributed by atoms with van der Waals surface area (Å²) < 4.78 is 0. The van der Waals surface area contributed by atoms with Crippen LogP contribution in [0, 0.1) is 0 Å². The first-order valence-electron chi connectivity index (χ1n) is 4.68. The van der Waals surface area contributed by atoms with Gasteiger partial charge in [0, 0.05) is 26.2 Å². The first kappa shape index (κ1) is 13.4. The second-order valence-corrected chi connectivity index (χ2v) is 2.84. The Morgan fingerprint density at radius 3 is 1.67 bits per heavy atom. The first-order chi connectivity index (χ1) is 7.35. The maximum atomic E-state index is 10.4. The molecule has 6 heteroatoms. The van der Waals surface area contributed by atoms with Crippen molar-refractivity contribution in [3.63, 3.8) is 0 Å². The predicted octanol–water partition coefficient (Wildman–Crippen LogP) is -1.55. The van der Waals surface area contributed by atoms with E-state index >= 15 is 0 Å². The molecule has 0 unspecified atom stereocenters. The number of hydrogen-bond acceptors (Lipinski definition) is 3. The van der Waals surface area contributed by atoms with E-state index in [0.29, 0.717) is 39.0 Å². The minimum atomic E-state index is 0.488. The van der Waals surface area contributed by atoms with E-state index in [1.54, 1.807) is 19.2 Å². The molecule has 0 saturated heterocycles. The minimum absolute atomic E-state index is 0.488. The number of hydrogen-bond donors (Lipinski definition) is 2. The summed E-state index contributed by atoms with van der Waals surface area (Å²) in [6.45, 7) is 2.04. The van der Waals surface area contributed by atoms with Gasteiger partial charge in [0.05, 0.1) is 0 Å². The summed E-state index contributed by atoms with van der Waals surface area (Å²) in [5.41, 5.74) is 0. The highest BCUT2D eigenvalue weighted by Gasteiger charge is 2.01. The van der Waals surface area contributed by atoms with Gasteiger partial charge in [-0.15, -0.1) is 0 Å². The predicted molar refractivity (Wildman–Crippen MR) is 53.9 cm³/mol. The SMILES string of the molecule is O=[C]NCCCN([C]=O)CCCN[C]=O. The molecule has 6 nitrogen and oxygen atoms in total. The van der Waals surface area contributed by atoms with Crippen molar-refractivity contribution in [2.75, 3.05) is 26.2 Å². The van der Waals surface area contributed by atoms with Crippen molar-refractivity contribution in [2.45, 2.75) is 12.8 Å². The molecule has 3 amide bonds. The molecule has 0 saturated carbocycles. The van der Waals surface area contributed by atoms with Crippen LogP contribution in [-0.4, -0.2) is 50.3 Å². The van der Waals surface area contributed by atoms with E-state index in [0.717, 1.165) is 0 Å². The third-order valence-corrected chi connectivity index (χ3v) is 1.73. The average molecular weight is 212 g/mol. The van der Waals surface area contributed by atoms with Gasteiger partial charge in [-0.2, -0.15) is 0 Å². The highest BCUT2D eigenvalue weighted by molar-refractivity contribution is 5.48. The molecule has 0 bridgehead atoms. The zero-order valence-electron chi connectivity index (χ0n) is 8.41. The van der Waals surface area contributed by atoms with Crippen LogP contribution in [-0.2, 0) is 14.4 Å². The third kappa shape index (κ3) is 8.73. The fraction of sp³-hybridized carbons (Fsp3) is 0.667. The fourth-order valence-corrected chi connectivity index (χ4v) is 1.02. The summed E-state index contributed by atoms with van der Waals surface area (Å²) in [6, 6.07) is 0. The summed E-state index contributed by atoms with van der Waals surface area (Å²) in [5.74, 6) is 0. The van der Waals surface area contributed by atoms with Gasteiger partial charge in [0.25, 0.3) is 0 Å². The molecule has 0 aromatic heterocycles. The second-order valence-electron chi connectivity index (χ2n) is 2.84. The fourth-order valence-electron chi connectivity index (χ4n) is 1.02. The van der Waals surface area contributed by atoms with Crippen LogP contribution in [0.4, 0.5) is 0 Å². The van der Waals surface area contributed by atoms with Crippen LogP contribution < -0.4 is 10.6 Å². The van der Waals surface area contributed by atoms with E-state index in [4.69, 9.17) is 0 Å². The Hall–Kier alpha value is -1.59. The Morgan fingerprint density at radius 2 is 1.33 bits per heavy atom. The van der Waals surface area contributed by atoms with Gasteiger partial charge in [-0.3, -0.25) is 14.4 Å². The van der Waals surface area contributed by atoms with E-state index in [1.807, 2.05) is 0 Å². The Kier molecular flexibility index (Phi) is 9.38. The number of nitrogens with zero attached hydrogens (tertiary/aromatic N) is 1. The monoisotopic (exact) mass is 212 g/mol. The van der Waals surface area contributed by atoms with Gasteiger partial charge in [0.1, 0.15) is 0 Å². The number of amides is 3. The average Bonchev–Trinajstić information content (AvgIpc) is 2.27. The van der Waals surface area contributed by atoms with Crippen molar-refractivity contribution in [3.8, 4) is 0 Å². The number of nitrogens with one attached hydrogen (secondary N) is 2. The molecule has 2 N–H and O–H groups in total. The first-order valence-corrected chi connectivity index (χ1v) is 4.68. The Bertz CT molecular complexity index is 171. The summed E-state index contributed by atoms with van der Waals surface area (Å²) >= 11 is 0. The molecule has 0 aliphatic rings. The van der Waals surface area contributed by atoms with Crippen LogP contribution in [0.1, 0.15) is 12.8 Å². The molecule has 0 aromatic carbocycles. The van der Waals surface area contributed by atoms with Gasteiger partial charge in [-0.1, -0.05) is 0 Å². The molecule has 0 aliphatic carbocycles. The van der Waals surface area contributed by atoms with Crippen LogP contribution in [0.25, 0.3) is 0 Å². The molecule has 0 rings (SSSR count). The van der Waals surface area contributed by atoms with Gasteiger partial charge in [-0.05, 0) is 12.8 Å². The summed E-state index contributed by atoms with van der Waals surface area (Å²) in [7, 11) is 0. The zero-order valence-corrected chi connectivity index (χ0v) is 8.41. The Balaban J connectivity index is 3.41. The molecular weight excluding hydrogens is 198 g/mol. The van der Waals surface area contributed by atoms with E-state index < -0.39 is 0 Å². The van der Waals surface area contributed by atoms with Gasteiger partial charge in [-0.25, -0.2) is 0 Å². The van der Waals surface area contributed by atoms with Crippen molar-refractivity contribution in [1.82, 2.24) is 15.5 Å². The highest BCUT2D eigenvalue weighted by atomic mass is 16.1. The summed E-state index contributed by atoms with van der Waals surface area (Å²) in [6.07, 6.45) is 6.21. The molecule has 15 heavy (non-hydrogen) atoms. The maximum Gasteiger partial charge on any atom is 0.312 e. The Morgan fingerprint density at radius 1 is 0.867 bits per heavy atom.